The third-order valence-electron chi connectivity index (χ3n) is 1.67. The van der Waals surface area contributed by atoms with E-state index in [1.165, 1.54) is 5.56 Å². The molecule has 0 unspecified atom stereocenters. The van der Waals surface area contributed by atoms with Gasteiger partial charge in [-0.1, -0.05) is 23.7 Å². The lowest BCUT2D eigenvalue weighted by molar-refractivity contribution is 0.850. The second-order valence-electron chi connectivity index (χ2n) is 2.64. The first-order valence-corrected chi connectivity index (χ1v) is 4.32. The molecule has 0 aliphatic rings. The van der Waals surface area contributed by atoms with E-state index in [2.05, 4.69) is 6.07 Å². The van der Waals surface area contributed by atoms with Crippen LogP contribution in [-0.2, 0) is 6.42 Å². The highest BCUT2D eigenvalue weighted by Crippen LogP contribution is 2.11. The average molecular weight is 180 g/mol. The Labute approximate surface area is 77.6 Å². The Morgan fingerprint density at radius 1 is 1.25 bits per heavy atom. The van der Waals surface area contributed by atoms with Gasteiger partial charge >= 0.3 is 0 Å². The third-order valence-corrected chi connectivity index (χ3v) is 1.92. The van der Waals surface area contributed by atoms with Crippen LogP contribution in [0.2, 0.25) is 5.02 Å². The smallest absolute Gasteiger partial charge is 0.0621 e. The molecule has 0 saturated heterocycles. The largest absolute Gasteiger partial charge is 0.198 e. The van der Waals surface area contributed by atoms with Crippen LogP contribution in [0.3, 0.4) is 0 Å². The Morgan fingerprint density at radius 3 is 2.50 bits per heavy atom. The van der Waals surface area contributed by atoms with Gasteiger partial charge in [0.05, 0.1) is 6.07 Å². The molecule has 0 spiro atoms. The summed E-state index contributed by atoms with van der Waals surface area (Å²) in [5.74, 6) is 0. The number of rotatable bonds is 3. The van der Waals surface area contributed by atoms with Crippen LogP contribution in [-0.4, -0.2) is 0 Å². The second kappa shape index (κ2) is 4.79. The van der Waals surface area contributed by atoms with E-state index in [4.69, 9.17) is 16.9 Å². The van der Waals surface area contributed by atoms with E-state index < -0.39 is 0 Å². The summed E-state index contributed by atoms with van der Waals surface area (Å²) in [6, 6.07) is 9.88. The minimum Gasteiger partial charge on any atom is -0.198 e. The van der Waals surface area contributed by atoms with Gasteiger partial charge in [0.15, 0.2) is 0 Å². The number of aryl methyl sites for hydroxylation is 1. The molecule has 1 aromatic rings. The third kappa shape index (κ3) is 2.94. The molecule has 2 heteroatoms. The Bertz CT molecular complexity index is 271. The van der Waals surface area contributed by atoms with Gasteiger partial charge in [-0.25, -0.2) is 0 Å². The molecule has 0 aliphatic heterocycles. The van der Waals surface area contributed by atoms with Gasteiger partial charge in [-0.3, -0.25) is 0 Å². The number of hydrogen-bond acceptors (Lipinski definition) is 1. The van der Waals surface area contributed by atoms with Crippen molar-refractivity contribution < 1.29 is 0 Å². The number of nitriles is 1. The molecule has 0 amide bonds. The lowest BCUT2D eigenvalue weighted by Gasteiger charge is -1.97. The monoisotopic (exact) mass is 179 g/mol. The van der Waals surface area contributed by atoms with Gasteiger partial charge in [0.25, 0.3) is 0 Å². The molecule has 1 nitrogen and oxygen atoms in total. The van der Waals surface area contributed by atoms with E-state index in [0.29, 0.717) is 6.42 Å². The van der Waals surface area contributed by atoms with Crippen molar-refractivity contribution in [1.29, 1.82) is 5.26 Å². The predicted molar refractivity (Wildman–Crippen MR) is 50.0 cm³/mol. The van der Waals surface area contributed by atoms with Crippen LogP contribution >= 0.6 is 11.6 Å². The van der Waals surface area contributed by atoms with Crippen LogP contribution in [0.15, 0.2) is 24.3 Å². The van der Waals surface area contributed by atoms with Gasteiger partial charge in [0.1, 0.15) is 0 Å². The molecule has 0 fully saturated rings. The minimum atomic E-state index is 0.628. The molecule has 1 rings (SSSR count). The zero-order valence-electron chi connectivity index (χ0n) is 6.76. The van der Waals surface area contributed by atoms with E-state index in [-0.39, 0.29) is 0 Å². The maximum absolute atomic E-state index is 8.32. The second-order valence-corrected chi connectivity index (χ2v) is 3.07. The van der Waals surface area contributed by atoms with Crippen molar-refractivity contribution in [3.8, 4) is 6.07 Å². The fourth-order valence-corrected chi connectivity index (χ4v) is 1.15. The van der Waals surface area contributed by atoms with E-state index in [0.717, 1.165) is 17.9 Å². The summed E-state index contributed by atoms with van der Waals surface area (Å²) in [6.07, 6.45) is 2.52. The highest BCUT2D eigenvalue weighted by Gasteiger charge is 1.92. The summed E-state index contributed by atoms with van der Waals surface area (Å²) in [5.41, 5.74) is 1.25. The first-order chi connectivity index (χ1) is 5.83. The zero-order chi connectivity index (χ0) is 8.81. The van der Waals surface area contributed by atoms with Gasteiger partial charge in [0.2, 0.25) is 0 Å². The highest BCUT2D eigenvalue weighted by atomic mass is 35.5. The summed E-state index contributed by atoms with van der Waals surface area (Å²) < 4.78 is 0. The molecule has 0 aliphatic carbocycles. The van der Waals surface area contributed by atoms with Crippen molar-refractivity contribution >= 4 is 11.6 Å². The zero-order valence-corrected chi connectivity index (χ0v) is 7.51. The molecule has 0 saturated carbocycles. The van der Waals surface area contributed by atoms with E-state index in [1.54, 1.807) is 0 Å². The molecular weight excluding hydrogens is 170 g/mol. The quantitative estimate of drug-likeness (QED) is 0.654. The summed E-state index contributed by atoms with van der Waals surface area (Å²) in [7, 11) is 0. The van der Waals surface area contributed by atoms with Crippen LogP contribution in [0.1, 0.15) is 18.4 Å². The lowest BCUT2D eigenvalue weighted by atomic mass is 10.1. The maximum atomic E-state index is 8.32. The molecule has 0 bridgehead atoms. The van der Waals surface area contributed by atoms with Crippen LogP contribution in [0, 0.1) is 11.3 Å². The molecule has 0 radical (unpaired) electrons. The summed E-state index contributed by atoms with van der Waals surface area (Å²) in [5, 5.41) is 9.08. The standard InChI is InChI=1S/C10H10ClN/c11-10-6-4-9(5-7-10)3-1-2-8-12/h4-7H,1-3H2. The van der Waals surface area contributed by atoms with Crippen molar-refractivity contribution in [2.24, 2.45) is 0 Å². The summed E-state index contributed by atoms with van der Waals surface area (Å²) in [6.45, 7) is 0. The van der Waals surface area contributed by atoms with Crippen molar-refractivity contribution in [1.82, 2.24) is 0 Å². The Morgan fingerprint density at radius 2 is 1.92 bits per heavy atom. The van der Waals surface area contributed by atoms with Gasteiger partial charge in [-0.2, -0.15) is 5.26 Å². The topological polar surface area (TPSA) is 23.8 Å². The molecule has 1 aromatic carbocycles. The molecule has 0 aromatic heterocycles. The number of nitrogens with zero attached hydrogens (tertiary/aromatic N) is 1. The van der Waals surface area contributed by atoms with Crippen molar-refractivity contribution in [2.45, 2.75) is 19.3 Å². The Kier molecular flexibility index (Phi) is 3.63. The summed E-state index contributed by atoms with van der Waals surface area (Å²) in [4.78, 5) is 0. The molecule has 0 heterocycles. The van der Waals surface area contributed by atoms with Crippen molar-refractivity contribution in [3.63, 3.8) is 0 Å². The molecule has 12 heavy (non-hydrogen) atoms. The van der Waals surface area contributed by atoms with Crippen LogP contribution < -0.4 is 0 Å². The fourth-order valence-electron chi connectivity index (χ4n) is 1.02. The molecule has 62 valence electrons. The SMILES string of the molecule is N#CCCCc1ccc(Cl)cc1. The van der Waals surface area contributed by atoms with Crippen LogP contribution in [0.5, 0.6) is 0 Å². The average Bonchev–Trinajstić information content (AvgIpc) is 2.09. The maximum Gasteiger partial charge on any atom is 0.0621 e. The highest BCUT2D eigenvalue weighted by molar-refractivity contribution is 6.30. The number of halogens is 1. The molecular formula is C10H10ClN. The van der Waals surface area contributed by atoms with E-state index in [9.17, 15) is 0 Å². The van der Waals surface area contributed by atoms with Crippen molar-refractivity contribution in [3.05, 3.63) is 34.9 Å². The fraction of sp³-hybridized carbons (Fsp3) is 0.300. The number of benzene rings is 1. The Balaban J connectivity index is 2.43. The van der Waals surface area contributed by atoms with Crippen molar-refractivity contribution in [2.75, 3.05) is 0 Å². The summed E-state index contributed by atoms with van der Waals surface area (Å²) >= 11 is 5.72. The van der Waals surface area contributed by atoms with Gasteiger partial charge < -0.3 is 0 Å². The molecule has 0 atom stereocenters. The van der Waals surface area contributed by atoms with Gasteiger partial charge in [-0.15, -0.1) is 0 Å². The predicted octanol–water partition coefficient (Wildman–Crippen LogP) is 3.19. The minimum absolute atomic E-state index is 0.628. The van der Waals surface area contributed by atoms with Crippen LogP contribution in [0.25, 0.3) is 0 Å². The normalized spacial score (nSPS) is 9.33. The number of unbranched alkanes of at least 4 members (excludes halogenated alkanes) is 1. The van der Waals surface area contributed by atoms with Gasteiger partial charge in [-0.05, 0) is 30.5 Å². The lowest BCUT2D eigenvalue weighted by Crippen LogP contribution is -1.83. The van der Waals surface area contributed by atoms with E-state index >= 15 is 0 Å². The molecule has 0 N–H and O–H groups in total. The van der Waals surface area contributed by atoms with Gasteiger partial charge in [0, 0.05) is 11.4 Å². The van der Waals surface area contributed by atoms with Crippen LogP contribution in [0.4, 0.5) is 0 Å². The van der Waals surface area contributed by atoms with E-state index in [1.807, 2.05) is 24.3 Å². The first-order valence-electron chi connectivity index (χ1n) is 3.94. The number of hydrogen-bond donors (Lipinski definition) is 0. The Hall–Kier alpha value is -1.00. The first kappa shape index (κ1) is 9.09.